The van der Waals surface area contributed by atoms with Gasteiger partial charge in [-0.2, -0.15) is 0 Å². The van der Waals surface area contributed by atoms with Gasteiger partial charge in [0.25, 0.3) is 0 Å². The van der Waals surface area contributed by atoms with Crippen molar-refractivity contribution in [1.29, 1.82) is 0 Å². The van der Waals surface area contributed by atoms with Crippen LogP contribution < -0.4 is 5.32 Å². The van der Waals surface area contributed by atoms with E-state index in [2.05, 4.69) is 37.4 Å². The molecular weight excluding hydrogens is 486 g/mol. The first kappa shape index (κ1) is 37.6. The third-order valence-electron chi connectivity index (χ3n) is 7.26. The lowest BCUT2D eigenvalue weighted by molar-refractivity contribution is -0.131. The van der Waals surface area contributed by atoms with Crippen molar-refractivity contribution in [1.82, 2.24) is 5.32 Å². The van der Waals surface area contributed by atoms with Crippen LogP contribution in [0, 0.1) is 0 Å². The number of amides is 1. The third kappa shape index (κ3) is 25.3. The summed E-state index contributed by atoms with van der Waals surface area (Å²) in [5.41, 5.74) is 0. The first-order valence-corrected chi connectivity index (χ1v) is 16.3. The zero-order valence-corrected chi connectivity index (χ0v) is 25.5. The Hall–Kier alpha value is -1.43. The quantitative estimate of drug-likeness (QED) is 0.0451. The van der Waals surface area contributed by atoms with Gasteiger partial charge in [0.1, 0.15) is 6.10 Å². The average molecular weight is 550 g/mol. The number of allylic oxidation sites excluding steroid dienone is 5. The SMILES string of the molecule is CCCCCCC/C=C/C=C/[C@@H](O)[C@H](CO)NC(=O)C(O)CCCCCCCC/C=C\CCCCCCCC. The standard InChI is InChI=1S/C34H63NO4/c1-3-5-7-9-11-13-14-15-16-17-18-19-21-23-25-27-29-33(38)34(39)35-31(30-36)32(37)28-26-24-22-20-12-10-8-6-4-2/h15-16,22,24,26,28,31-33,36-38H,3-14,17-21,23,25,27,29-30H2,1-2H3,(H,35,39)/b16-15-,24-22+,28-26+/t31-,32+,33?/m0/s1. The molecular formula is C34H63NO4. The van der Waals surface area contributed by atoms with Gasteiger partial charge in [-0.3, -0.25) is 4.79 Å². The van der Waals surface area contributed by atoms with Crippen LogP contribution in [0.4, 0.5) is 0 Å². The molecule has 0 rings (SSSR count). The van der Waals surface area contributed by atoms with E-state index < -0.39 is 24.2 Å². The number of hydrogen-bond donors (Lipinski definition) is 4. The van der Waals surface area contributed by atoms with Crippen LogP contribution in [0.1, 0.15) is 149 Å². The minimum absolute atomic E-state index is 0.390. The van der Waals surface area contributed by atoms with Gasteiger partial charge in [-0.25, -0.2) is 0 Å². The Morgan fingerprint density at radius 2 is 1.10 bits per heavy atom. The van der Waals surface area contributed by atoms with E-state index in [9.17, 15) is 20.1 Å². The van der Waals surface area contributed by atoms with Crippen molar-refractivity contribution in [2.75, 3.05) is 6.61 Å². The fourth-order valence-electron chi connectivity index (χ4n) is 4.59. The fraction of sp³-hybridized carbons (Fsp3) is 0.794. The Bertz CT molecular complexity index is 616. The largest absolute Gasteiger partial charge is 0.394 e. The van der Waals surface area contributed by atoms with Crippen LogP contribution in [-0.2, 0) is 4.79 Å². The Morgan fingerprint density at radius 1 is 0.641 bits per heavy atom. The molecule has 0 aromatic heterocycles. The summed E-state index contributed by atoms with van der Waals surface area (Å²) in [5, 5.41) is 32.6. The normalized spacial score (nSPS) is 14.5. The van der Waals surface area contributed by atoms with Crippen molar-refractivity contribution in [3.05, 3.63) is 36.5 Å². The van der Waals surface area contributed by atoms with Gasteiger partial charge in [-0.15, -0.1) is 0 Å². The Labute approximate surface area is 241 Å². The van der Waals surface area contributed by atoms with Gasteiger partial charge in [0.05, 0.1) is 18.8 Å². The molecule has 3 atom stereocenters. The van der Waals surface area contributed by atoms with E-state index in [1.54, 1.807) is 12.2 Å². The van der Waals surface area contributed by atoms with Crippen LogP contribution in [0.25, 0.3) is 0 Å². The molecule has 0 spiro atoms. The monoisotopic (exact) mass is 549 g/mol. The lowest BCUT2D eigenvalue weighted by atomic mass is 10.0. The highest BCUT2D eigenvalue weighted by Gasteiger charge is 2.22. The molecule has 1 unspecified atom stereocenters. The molecule has 0 saturated heterocycles. The van der Waals surface area contributed by atoms with Crippen molar-refractivity contribution in [3.8, 4) is 0 Å². The Kier molecular flexibility index (Phi) is 28.5. The second-order valence-electron chi connectivity index (χ2n) is 11.0. The molecule has 0 aliphatic rings. The molecule has 0 aromatic rings. The summed E-state index contributed by atoms with van der Waals surface area (Å²) < 4.78 is 0. The number of hydrogen-bond acceptors (Lipinski definition) is 4. The summed E-state index contributed by atoms with van der Waals surface area (Å²) in [6.07, 6.45) is 34.5. The number of aliphatic hydroxyl groups is 3. The molecule has 39 heavy (non-hydrogen) atoms. The zero-order valence-electron chi connectivity index (χ0n) is 25.5. The smallest absolute Gasteiger partial charge is 0.249 e. The van der Waals surface area contributed by atoms with Crippen molar-refractivity contribution in [3.63, 3.8) is 0 Å². The highest BCUT2D eigenvalue weighted by molar-refractivity contribution is 5.80. The average Bonchev–Trinajstić information content (AvgIpc) is 2.94. The fourth-order valence-corrected chi connectivity index (χ4v) is 4.59. The summed E-state index contributed by atoms with van der Waals surface area (Å²) in [7, 11) is 0. The second kappa shape index (κ2) is 29.6. The van der Waals surface area contributed by atoms with Gasteiger partial charge in [0, 0.05) is 0 Å². The molecule has 0 radical (unpaired) electrons. The van der Waals surface area contributed by atoms with Crippen molar-refractivity contribution >= 4 is 5.91 Å². The number of carbonyl (C=O) groups is 1. The van der Waals surface area contributed by atoms with Crippen molar-refractivity contribution < 1.29 is 20.1 Å². The van der Waals surface area contributed by atoms with E-state index in [0.29, 0.717) is 6.42 Å². The molecule has 0 aliphatic heterocycles. The summed E-state index contributed by atoms with van der Waals surface area (Å²) in [6, 6.07) is -0.828. The number of unbranched alkanes of at least 4 members (excludes halogenated alkanes) is 17. The highest BCUT2D eigenvalue weighted by Crippen LogP contribution is 2.12. The topological polar surface area (TPSA) is 89.8 Å². The molecule has 0 aliphatic carbocycles. The molecule has 5 heteroatoms. The molecule has 228 valence electrons. The lowest BCUT2D eigenvalue weighted by Gasteiger charge is -2.21. The van der Waals surface area contributed by atoms with E-state index in [1.807, 2.05) is 6.08 Å². The zero-order chi connectivity index (χ0) is 28.8. The van der Waals surface area contributed by atoms with Crippen LogP contribution in [0.5, 0.6) is 0 Å². The van der Waals surface area contributed by atoms with Gasteiger partial charge >= 0.3 is 0 Å². The minimum Gasteiger partial charge on any atom is -0.394 e. The van der Waals surface area contributed by atoms with E-state index in [4.69, 9.17) is 0 Å². The summed E-state index contributed by atoms with van der Waals surface area (Å²) in [5.74, 6) is -0.531. The van der Waals surface area contributed by atoms with E-state index in [0.717, 1.165) is 38.5 Å². The van der Waals surface area contributed by atoms with Gasteiger partial charge in [-0.1, -0.05) is 140 Å². The van der Waals surface area contributed by atoms with Crippen LogP contribution in [-0.4, -0.2) is 46.1 Å². The first-order chi connectivity index (χ1) is 19.1. The predicted octanol–water partition coefficient (Wildman–Crippen LogP) is 8.09. The van der Waals surface area contributed by atoms with Gasteiger partial charge in [-0.05, 0) is 44.9 Å². The summed E-state index contributed by atoms with van der Waals surface area (Å²) in [4.78, 5) is 12.3. The number of rotatable bonds is 28. The molecule has 5 nitrogen and oxygen atoms in total. The van der Waals surface area contributed by atoms with Gasteiger partial charge < -0.3 is 20.6 Å². The van der Waals surface area contributed by atoms with Crippen LogP contribution in [0.15, 0.2) is 36.5 Å². The molecule has 4 N–H and O–H groups in total. The summed E-state index contributed by atoms with van der Waals surface area (Å²) in [6.45, 7) is 4.08. The molecule has 0 aromatic carbocycles. The van der Waals surface area contributed by atoms with Crippen LogP contribution in [0.2, 0.25) is 0 Å². The Morgan fingerprint density at radius 3 is 1.62 bits per heavy atom. The predicted molar refractivity (Wildman–Crippen MR) is 167 cm³/mol. The maximum absolute atomic E-state index is 12.3. The first-order valence-electron chi connectivity index (χ1n) is 16.3. The maximum Gasteiger partial charge on any atom is 0.249 e. The second-order valence-corrected chi connectivity index (χ2v) is 11.0. The van der Waals surface area contributed by atoms with E-state index in [-0.39, 0.29) is 6.61 Å². The van der Waals surface area contributed by atoms with Gasteiger partial charge in [0.15, 0.2) is 0 Å². The molecule has 0 fully saturated rings. The minimum atomic E-state index is -1.11. The number of nitrogens with one attached hydrogen (secondary N) is 1. The molecule has 1 amide bonds. The van der Waals surface area contributed by atoms with Crippen LogP contribution >= 0.6 is 0 Å². The highest BCUT2D eigenvalue weighted by atomic mass is 16.3. The Balaban J connectivity index is 3.83. The summed E-state index contributed by atoms with van der Waals surface area (Å²) >= 11 is 0. The molecule has 0 heterocycles. The lowest BCUT2D eigenvalue weighted by Crippen LogP contribution is -2.48. The van der Waals surface area contributed by atoms with E-state index in [1.165, 1.54) is 89.9 Å². The van der Waals surface area contributed by atoms with E-state index >= 15 is 0 Å². The molecule has 0 saturated carbocycles. The van der Waals surface area contributed by atoms with Crippen molar-refractivity contribution in [2.45, 2.75) is 167 Å². The molecule has 0 bridgehead atoms. The van der Waals surface area contributed by atoms with Gasteiger partial charge in [0.2, 0.25) is 5.91 Å². The number of aliphatic hydroxyl groups excluding tert-OH is 3. The maximum atomic E-state index is 12.3. The third-order valence-corrected chi connectivity index (χ3v) is 7.26. The van der Waals surface area contributed by atoms with Crippen molar-refractivity contribution in [2.24, 2.45) is 0 Å². The number of carbonyl (C=O) groups excluding carboxylic acids is 1. The van der Waals surface area contributed by atoms with Crippen LogP contribution in [0.3, 0.4) is 0 Å².